The van der Waals surface area contributed by atoms with Gasteiger partial charge in [0.05, 0.1) is 11.1 Å². The number of carboxylic acids is 1. The molecule has 3 aromatic carbocycles. The van der Waals surface area contributed by atoms with E-state index in [0.717, 1.165) is 12.1 Å². The van der Waals surface area contributed by atoms with Crippen molar-refractivity contribution in [2.75, 3.05) is 5.32 Å². The van der Waals surface area contributed by atoms with Crippen molar-refractivity contribution >= 4 is 23.5 Å². The molecule has 0 aliphatic carbocycles. The molecular weight excluding hydrogens is 492 g/mol. The van der Waals surface area contributed by atoms with Crippen LogP contribution in [0, 0.1) is 11.7 Å². The summed E-state index contributed by atoms with van der Waals surface area (Å²) >= 11 is 0. The molecule has 0 spiro atoms. The zero-order valence-electron chi connectivity index (χ0n) is 19.8. The average molecular weight is 514 g/mol. The van der Waals surface area contributed by atoms with E-state index in [1.165, 1.54) is 17.0 Å². The summed E-state index contributed by atoms with van der Waals surface area (Å²) in [6, 6.07) is 13.0. The first-order valence-electron chi connectivity index (χ1n) is 11.3. The maximum absolute atomic E-state index is 14.3. The first-order valence-corrected chi connectivity index (χ1v) is 11.3. The number of carboxylic acid groups (broad SMARTS) is 1. The summed E-state index contributed by atoms with van der Waals surface area (Å²) in [5, 5.41) is 11.9. The number of anilines is 1. The van der Waals surface area contributed by atoms with Gasteiger partial charge in [-0.25, -0.2) is 9.18 Å². The maximum Gasteiger partial charge on any atom is 0.419 e. The summed E-state index contributed by atoms with van der Waals surface area (Å²) in [7, 11) is 0. The summed E-state index contributed by atoms with van der Waals surface area (Å²) in [5.41, 5.74) is 0.442. The van der Waals surface area contributed by atoms with E-state index in [9.17, 15) is 37.1 Å². The van der Waals surface area contributed by atoms with Crippen LogP contribution in [0.5, 0.6) is 0 Å². The molecule has 0 unspecified atom stereocenters. The SMILES string of the molecule is CC(C)[C@@H](C(=O)O)N1Cc2ccc(-c3ccc(NC(=O)c4cccc(C(F)(F)F)c4F)cc3)cc2C1=O. The van der Waals surface area contributed by atoms with Gasteiger partial charge in [-0.15, -0.1) is 0 Å². The number of nitrogens with zero attached hydrogens (tertiary/aromatic N) is 1. The molecule has 0 bridgehead atoms. The van der Waals surface area contributed by atoms with Gasteiger partial charge in [0, 0.05) is 17.8 Å². The minimum Gasteiger partial charge on any atom is -0.480 e. The predicted molar refractivity (Wildman–Crippen MR) is 127 cm³/mol. The molecule has 3 aromatic rings. The molecule has 1 heterocycles. The van der Waals surface area contributed by atoms with E-state index in [1.54, 1.807) is 44.2 Å². The van der Waals surface area contributed by atoms with E-state index < -0.39 is 41.0 Å². The van der Waals surface area contributed by atoms with Crippen LogP contribution < -0.4 is 5.32 Å². The van der Waals surface area contributed by atoms with E-state index in [2.05, 4.69) is 5.32 Å². The van der Waals surface area contributed by atoms with E-state index >= 15 is 0 Å². The van der Waals surface area contributed by atoms with Crippen LogP contribution in [0.2, 0.25) is 0 Å². The van der Waals surface area contributed by atoms with Crippen molar-refractivity contribution in [3.63, 3.8) is 0 Å². The molecule has 37 heavy (non-hydrogen) atoms. The highest BCUT2D eigenvalue weighted by atomic mass is 19.4. The lowest BCUT2D eigenvalue weighted by atomic mass is 10.00. The van der Waals surface area contributed by atoms with Gasteiger partial charge in [-0.05, 0) is 52.9 Å². The number of rotatable bonds is 6. The number of nitrogens with one attached hydrogen (secondary N) is 1. The van der Waals surface area contributed by atoms with Gasteiger partial charge in [-0.1, -0.05) is 44.2 Å². The monoisotopic (exact) mass is 514 g/mol. The normalized spacial score (nSPS) is 14.0. The Kier molecular flexibility index (Phi) is 6.77. The molecule has 192 valence electrons. The largest absolute Gasteiger partial charge is 0.480 e. The number of carbonyl (C=O) groups is 3. The van der Waals surface area contributed by atoms with Gasteiger partial charge < -0.3 is 15.3 Å². The van der Waals surface area contributed by atoms with Crippen molar-refractivity contribution in [1.82, 2.24) is 4.90 Å². The number of benzene rings is 3. The lowest BCUT2D eigenvalue weighted by molar-refractivity contribution is -0.144. The summed E-state index contributed by atoms with van der Waals surface area (Å²) in [5.74, 6) is -4.40. The van der Waals surface area contributed by atoms with Crippen LogP contribution in [-0.2, 0) is 17.5 Å². The second-order valence-corrected chi connectivity index (χ2v) is 9.03. The molecule has 1 aliphatic heterocycles. The number of fused-ring (bicyclic) bond motifs is 1. The first kappa shape index (κ1) is 25.9. The second kappa shape index (κ2) is 9.68. The number of aliphatic carboxylic acids is 1. The number of halogens is 4. The van der Waals surface area contributed by atoms with Crippen molar-refractivity contribution in [1.29, 1.82) is 0 Å². The van der Waals surface area contributed by atoms with Crippen LogP contribution in [0.3, 0.4) is 0 Å². The summed E-state index contributed by atoms with van der Waals surface area (Å²) in [6.45, 7) is 3.67. The Morgan fingerprint density at radius 1 is 1.00 bits per heavy atom. The van der Waals surface area contributed by atoms with Gasteiger partial charge in [-0.3, -0.25) is 9.59 Å². The van der Waals surface area contributed by atoms with Crippen LogP contribution >= 0.6 is 0 Å². The lowest BCUT2D eigenvalue weighted by Crippen LogP contribution is -2.44. The molecular formula is C27H22F4N2O4. The fraction of sp³-hybridized carbons (Fsp3) is 0.222. The maximum atomic E-state index is 14.3. The minimum absolute atomic E-state index is 0.195. The number of amides is 2. The molecule has 0 aromatic heterocycles. The van der Waals surface area contributed by atoms with E-state index in [-0.39, 0.29) is 24.1 Å². The molecule has 0 fully saturated rings. The van der Waals surface area contributed by atoms with Gasteiger partial charge in [0.15, 0.2) is 0 Å². The Morgan fingerprint density at radius 3 is 2.24 bits per heavy atom. The van der Waals surface area contributed by atoms with Crippen molar-refractivity contribution in [3.8, 4) is 11.1 Å². The summed E-state index contributed by atoms with van der Waals surface area (Å²) in [4.78, 5) is 38.4. The molecule has 1 atom stereocenters. The lowest BCUT2D eigenvalue weighted by Gasteiger charge is -2.27. The third-order valence-corrected chi connectivity index (χ3v) is 6.19. The standard InChI is InChI=1S/C27H22F4N2O4/c1-14(2)23(26(36)37)33-13-17-7-6-16(12-20(17)25(33)35)15-8-10-18(11-9-15)32-24(34)19-4-3-5-21(22(19)28)27(29,30)31/h3-12,14,23H,13H2,1-2H3,(H,32,34)(H,36,37)/t23-/m0/s1. The average Bonchev–Trinajstić information content (AvgIpc) is 3.13. The zero-order chi connectivity index (χ0) is 27.1. The topological polar surface area (TPSA) is 86.7 Å². The molecule has 2 N–H and O–H groups in total. The third-order valence-electron chi connectivity index (χ3n) is 6.19. The quantitative estimate of drug-likeness (QED) is 0.406. The second-order valence-electron chi connectivity index (χ2n) is 9.03. The fourth-order valence-electron chi connectivity index (χ4n) is 4.38. The summed E-state index contributed by atoms with van der Waals surface area (Å²) < 4.78 is 53.1. The van der Waals surface area contributed by atoms with E-state index in [0.29, 0.717) is 28.3 Å². The van der Waals surface area contributed by atoms with Crippen molar-refractivity contribution in [2.24, 2.45) is 5.92 Å². The molecule has 1 aliphatic rings. The Morgan fingerprint density at radius 2 is 1.65 bits per heavy atom. The molecule has 0 saturated carbocycles. The fourth-order valence-corrected chi connectivity index (χ4v) is 4.38. The third kappa shape index (κ3) is 5.04. The van der Waals surface area contributed by atoms with Crippen LogP contribution in [0.1, 0.15) is 45.7 Å². The molecule has 2 amide bonds. The molecule has 4 rings (SSSR count). The first-order chi connectivity index (χ1) is 17.4. The Balaban J connectivity index is 1.53. The van der Waals surface area contributed by atoms with Crippen molar-refractivity contribution in [3.05, 3.63) is 88.7 Å². The van der Waals surface area contributed by atoms with Crippen LogP contribution in [-0.4, -0.2) is 33.8 Å². The number of carbonyl (C=O) groups excluding carboxylic acids is 2. The van der Waals surface area contributed by atoms with E-state index in [4.69, 9.17) is 0 Å². The van der Waals surface area contributed by atoms with Gasteiger partial charge in [0.2, 0.25) is 0 Å². The molecule has 0 radical (unpaired) electrons. The number of hydrogen-bond acceptors (Lipinski definition) is 3. The molecule has 10 heteroatoms. The van der Waals surface area contributed by atoms with Crippen LogP contribution in [0.25, 0.3) is 11.1 Å². The number of alkyl halides is 3. The Bertz CT molecular complexity index is 1380. The van der Waals surface area contributed by atoms with Gasteiger partial charge in [-0.2, -0.15) is 13.2 Å². The summed E-state index contributed by atoms with van der Waals surface area (Å²) in [6.07, 6.45) is -4.93. The van der Waals surface area contributed by atoms with E-state index in [1.807, 2.05) is 0 Å². The van der Waals surface area contributed by atoms with Crippen molar-refractivity contribution in [2.45, 2.75) is 32.6 Å². The van der Waals surface area contributed by atoms with Gasteiger partial charge in [0.25, 0.3) is 11.8 Å². The molecule has 0 saturated heterocycles. The highest BCUT2D eigenvalue weighted by molar-refractivity contribution is 6.05. The minimum atomic E-state index is -4.93. The Hall–Kier alpha value is -4.21. The van der Waals surface area contributed by atoms with Crippen molar-refractivity contribution < 1.29 is 37.1 Å². The predicted octanol–water partition coefficient (Wildman–Crippen LogP) is 5.83. The van der Waals surface area contributed by atoms with Crippen LogP contribution in [0.4, 0.5) is 23.2 Å². The smallest absolute Gasteiger partial charge is 0.419 e. The number of hydrogen-bond donors (Lipinski definition) is 2. The zero-order valence-corrected chi connectivity index (χ0v) is 19.8. The molecule has 6 nitrogen and oxygen atoms in total. The van der Waals surface area contributed by atoms with Gasteiger partial charge >= 0.3 is 12.1 Å². The van der Waals surface area contributed by atoms with Crippen LogP contribution in [0.15, 0.2) is 60.7 Å². The highest BCUT2D eigenvalue weighted by Crippen LogP contribution is 2.33. The van der Waals surface area contributed by atoms with Gasteiger partial charge in [0.1, 0.15) is 11.9 Å². The highest BCUT2D eigenvalue weighted by Gasteiger charge is 2.38. The Labute approximate surface area is 209 Å².